The lowest BCUT2D eigenvalue weighted by molar-refractivity contribution is -0.0365. The summed E-state index contributed by atoms with van der Waals surface area (Å²) in [5.41, 5.74) is -0.330. The summed E-state index contributed by atoms with van der Waals surface area (Å²) in [6.07, 6.45) is 9.28. The third kappa shape index (κ3) is 2.36. The number of rotatable bonds is 4. The summed E-state index contributed by atoms with van der Waals surface area (Å²) in [6.45, 7) is 0. The molecular formula is C13H21N3O2. The molecule has 5 heteroatoms. The van der Waals surface area contributed by atoms with Gasteiger partial charge in [-0.05, 0) is 25.7 Å². The Bertz CT molecular complexity index is 393. The molecule has 2 saturated carbocycles. The van der Waals surface area contributed by atoms with E-state index in [0.29, 0.717) is 12.1 Å². The van der Waals surface area contributed by atoms with E-state index in [4.69, 9.17) is 9.26 Å². The number of nitrogens with zero attached hydrogens (tertiary/aromatic N) is 2. The lowest BCUT2D eigenvalue weighted by Crippen LogP contribution is -2.29. The van der Waals surface area contributed by atoms with Gasteiger partial charge < -0.3 is 14.6 Å². The van der Waals surface area contributed by atoms with Gasteiger partial charge in [0.05, 0.1) is 0 Å². The highest BCUT2D eigenvalue weighted by molar-refractivity contribution is 5.24. The highest BCUT2D eigenvalue weighted by atomic mass is 16.5. The Kier molecular flexibility index (Phi) is 3.24. The summed E-state index contributed by atoms with van der Waals surface area (Å²) in [4.78, 5) is 4.48. The summed E-state index contributed by atoms with van der Waals surface area (Å²) >= 11 is 0. The number of aromatic nitrogens is 2. The van der Waals surface area contributed by atoms with Crippen molar-refractivity contribution < 1.29 is 9.26 Å². The predicted molar refractivity (Wildman–Crippen MR) is 67.3 cm³/mol. The first kappa shape index (κ1) is 12.0. The minimum absolute atomic E-state index is 0.330. The minimum atomic E-state index is -0.330. The average Bonchev–Trinajstić information content (AvgIpc) is 3.13. The van der Waals surface area contributed by atoms with E-state index in [1.165, 1.54) is 38.5 Å². The van der Waals surface area contributed by atoms with Crippen molar-refractivity contribution in [2.45, 2.75) is 63.0 Å². The van der Waals surface area contributed by atoms with Crippen LogP contribution < -0.4 is 5.32 Å². The highest BCUT2D eigenvalue weighted by Gasteiger charge is 2.38. The zero-order valence-corrected chi connectivity index (χ0v) is 10.9. The van der Waals surface area contributed by atoms with Gasteiger partial charge in [-0.25, -0.2) is 0 Å². The van der Waals surface area contributed by atoms with E-state index in [0.717, 1.165) is 18.7 Å². The van der Waals surface area contributed by atoms with Crippen LogP contribution in [0.15, 0.2) is 4.52 Å². The van der Waals surface area contributed by atoms with Crippen molar-refractivity contribution in [3.05, 3.63) is 5.82 Å². The van der Waals surface area contributed by atoms with Crippen LogP contribution in [0, 0.1) is 0 Å². The maximum atomic E-state index is 5.77. The average molecular weight is 251 g/mol. The normalized spacial score (nSPS) is 23.6. The van der Waals surface area contributed by atoms with Gasteiger partial charge in [-0.3, -0.25) is 0 Å². The van der Waals surface area contributed by atoms with E-state index in [9.17, 15) is 0 Å². The van der Waals surface area contributed by atoms with E-state index in [-0.39, 0.29) is 5.60 Å². The van der Waals surface area contributed by atoms with E-state index >= 15 is 0 Å². The van der Waals surface area contributed by atoms with Crippen molar-refractivity contribution in [1.82, 2.24) is 10.1 Å². The molecule has 5 nitrogen and oxygen atoms in total. The minimum Gasteiger partial charge on any atom is -0.370 e. The van der Waals surface area contributed by atoms with Crippen LogP contribution in [0.5, 0.6) is 0 Å². The van der Waals surface area contributed by atoms with Crippen LogP contribution in [0.1, 0.15) is 57.2 Å². The Morgan fingerprint density at radius 2 is 1.94 bits per heavy atom. The molecule has 1 N–H and O–H groups in total. The fourth-order valence-electron chi connectivity index (χ4n) is 2.69. The lowest BCUT2D eigenvalue weighted by atomic mass is 9.93. The fraction of sp³-hybridized carbons (Fsp3) is 0.846. The predicted octanol–water partition coefficient (Wildman–Crippen LogP) is 2.84. The molecule has 0 spiro atoms. The van der Waals surface area contributed by atoms with E-state index < -0.39 is 0 Å². The van der Waals surface area contributed by atoms with Gasteiger partial charge >= 0.3 is 6.01 Å². The second-order valence-electron chi connectivity index (χ2n) is 5.45. The van der Waals surface area contributed by atoms with Crippen LogP contribution in [-0.2, 0) is 10.3 Å². The van der Waals surface area contributed by atoms with Crippen LogP contribution >= 0.6 is 0 Å². The number of ether oxygens (including phenoxy) is 1. The summed E-state index contributed by atoms with van der Waals surface area (Å²) in [5, 5.41) is 7.37. The quantitative estimate of drug-likeness (QED) is 0.834. The van der Waals surface area contributed by atoms with Crippen molar-refractivity contribution >= 4 is 6.01 Å². The van der Waals surface area contributed by atoms with Crippen molar-refractivity contribution in [3.63, 3.8) is 0 Å². The van der Waals surface area contributed by atoms with Gasteiger partial charge in [0, 0.05) is 13.2 Å². The molecule has 100 valence electrons. The molecule has 2 aliphatic rings. The second kappa shape index (κ2) is 4.88. The molecule has 0 saturated heterocycles. The lowest BCUT2D eigenvalue weighted by Gasteiger charge is -2.27. The maximum Gasteiger partial charge on any atom is 0.321 e. The molecule has 0 bridgehead atoms. The number of hydrogen-bond acceptors (Lipinski definition) is 5. The summed E-state index contributed by atoms with van der Waals surface area (Å²) in [6, 6.07) is 1.08. The zero-order chi connectivity index (χ0) is 12.4. The molecule has 1 heterocycles. The SMILES string of the molecule is COC1(c2noc(NC3CC3)n2)CCCCCC1. The summed E-state index contributed by atoms with van der Waals surface area (Å²) in [5.74, 6) is 0.718. The first-order valence-electron chi connectivity index (χ1n) is 6.98. The Labute approximate surface area is 107 Å². The first-order valence-corrected chi connectivity index (χ1v) is 6.98. The van der Waals surface area contributed by atoms with Gasteiger partial charge in [-0.2, -0.15) is 4.98 Å². The summed E-state index contributed by atoms with van der Waals surface area (Å²) < 4.78 is 11.1. The molecule has 2 aliphatic carbocycles. The molecule has 0 aliphatic heterocycles. The molecule has 1 aromatic rings. The molecule has 3 rings (SSSR count). The monoisotopic (exact) mass is 251 g/mol. The Morgan fingerprint density at radius 1 is 1.22 bits per heavy atom. The topological polar surface area (TPSA) is 60.2 Å². The van der Waals surface area contributed by atoms with Crippen LogP contribution in [0.25, 0.3) is 0 Å². The van der Waals surface area contributed by atoms with Crippen molar-refractivity contribution in [3.8, 4) is 0 Å². The van der Waals surface area contributed by atoms with Crippen LogP contribution in [0.3, 0.4) is 0 Å². The van der Waals surface area contributed by atoms with E-state index in [1.54, 1.807) is 7.11 Å². The van der Waals surface area contributed by atoms with Gasteiger partial charge in [0.2, 0.25) is 5.82 Å². The molecule has 0 unspecified atom stereocenters. The Balaban J connectivity index is 1.78. The molecule has 0 amide bonds. The maximum absolute atomic E-state index is 5.77. The zero-order valence-electron chi connectivity index (χ0n) is 10.9. The first-order chi connectivity index (χ1) is 8.82. The van der Waals surface area contributed by atoms with Gasteiger partial charge in [0.1, 0.15) is 5.60 Å². The van der Waals surface area contributed by atoms with Crippen LogP contribution in [0.2, 0.25) is 0 Å². The third-order valence-electron chi connectivity index (χ3n) is 4.04. The number of nitrogens with one attached hydrogen (secondary N) is 1. The molecule has 0 aromatic carbocycles. The van der Waals surface area contributed by atoms with E-state index in [2.05, 4.69) is 15.5 Å². The van der Waals surface area contributed by atoms with Gasteiger partial charge in [0.25, 0.3) is 0 Å². The molecule has 0 atom stereocenters. The van der Waals surface area contributed by atoms with Crippen molar-refractivity contribution in [2.75, 3.05) is 12.4 Å². The molecule has 1 aromatic heterocycles. The van der Waals surface area contributed by atoms with Gasteiger partial charge in [-0.15, -0.1) is 0 Å². The van der Waals surface area contributed by atoms with Crippen molar-refractivity contribution in [1.29, 1.82) is 0 Å². The number of hydrogen-bond donors (Lipinski definition) is 1. The summed E-state index contributed by atoms with van der Waals surface area (Å²) in [7, 11) is 1.76. The molecular weight excluding hydrogens is 230 g/mol. The number of anilines is 1. The van der Waals surface area contributed by atoms with Crippen LogP contribution in [0.4, 0.5) is 6.01 Å². The Hall–Kier alpha value is -1.10. The largest absolute Gasteiger partial charge is 0.370 e. The standard InChI is InChI=1S/C13H21N3O2/c1-17-13(8-4-2-3-5-9-13)11-15-12(18-16-11)14-10-6-7-10/h10H,2-9H2,1H3,(H,14,15,16). The second-order valence-corrected chi connectivity index (χ2v) is 5.45. The van der Waals surface area contributed by atoms with Gasteiger partial charge in [-0.1, -0.05) is 30.8 Å². The smallest absolute Gasteiger partial charge is 0.321 e. The molecule has 2 fully saturated rings. The molecule has 18 heavy (non-hydrogen) atoms. The van der Waals surface area contributed by atoms with Gasteiger partial charge in [0.15, 0.2) is 0 Å². The number of methoxy groups -OCH3 is 1. The fourth-order valence-corrected chi connectivity index (χ4v) is 2.69. The van der Waals surface area contributed by atoms with E-state index in [1.807, 2.05) is 0 Å². The van der Waals surface area contributed by atoms with Crippen LogP contribution in [-0.4, -0.2) is 23.3 Å². The molecule has 0 radical (unpaired) electrons. The third-order valence-corrected chi connectivity index (χ3v) is 4.04. The Morgan fingerprint density at radius 3 is 2.56 bits per heavy atom. The van der Waals surface area contributed by atoms with Crippen molar-refractivity contribution in [2.24, 2.45) is 0 Å². The highest BCUT2D eigenvalue weighted by Crippen LogP contribution is 2.38.